The Morgan fingerprint density at radius 3 is 2.50 bits per heavy atom. The maximum absolute atomic E-state index is 6.06. The summed E-state index contributed by atoms with van der Waals surface area (Å²) in [5, 5.41) is 0. The molecule has 0 unspecified atom stereocenters. The average Bonchev–Trinajstić information content (AvgIpc) is 3.15. The number of ether oxygens (including phenoxy) is 1. The first-order chi connectivity index (χ1) is 8.26. The second-order valence-corrected chi connectivity index (χ2v) is 5.46. The van der Waals surface area contributed by atoms with Crippen molar-refractivity contribution in [1.82, 2.24) is 4.90 Å². The number of aliphatic imine (C=N–C) groups is 1. The van der Waals surface area contributed by atoms with Crippen molar-refractivity contribution in [2.75, 3.05) is 33.4 Å². The first-order valence-corrected chi connectivity index (χ1v) is 6.80. The van der Waals surface area contributed by atoms with Gasteiger partial charge in [-0.15, -0.1) is 24.0 Å². The summed E-state index contributed by atoms with van der Waals surface area (Å²) in [6, 6.07) is 0. The third-order valence-electron chi connectivity index (χ3n) is 4.05. The number of rotatable bonds is 5. The lowest BCUT2D eigenvalue weighted by Gasteiger charge is -2.27. The van der Waals surface area contributed by atoms with Crippen LogP contribution in [0.25, 0.3) is 0 Å². The van der Waals surface area contributed by atoms with Crippen molar-refractivity contribution in [2.24, 2.45) is 16.1 Å². The van der Waals surface area contributed by atoms with Crippen molar-refractivity contribution in [2.45, 2.75) is 38.5 Å². The average molecular weight is 367 g/mol. The molecule has 106 valence electrons. The van der Waals surface area contributed by atoms with Gasteiger partial charge in [0.1, 0.15) is 0 Å². The number of methoxy groups -OCH3 is 1. The van der Waals surface area contributed by atoms with Gasteiger partial charge in [0.25, 0.3) is 0 Å². The van der Waals surface area contributed by atoms with Crippen LogP contribution in [-0.2, 0) is 4.74 Å². The van der Waals surface area contributed by atoms with Crippen molar-refractivity contribution < 1.29 is 4.74 Å². The van der Waals surface area contributed by atoms with Gasteiger partial charge in [0.2, 0.25) is 0 Å². The lowest BCUT2D eigenvalue weighted by molar-refractivity contribution is 0.174. The summed E-state index contributed by atoms with van der Waals surface area (Å²) in [5.74, 6) is 0.758. The molecule has 1 heterocycles. The van der Waals surface area contributed by atoms with E-state index in [2.05, 4.69) is 9.89 Å². The van der Waals surface area contributed by atoms with Gasteiger partial charge in [0, 0.05) is 33.4 Å². The molecular weight excluding hydrogens is 341 g/mol. The molecule has 2 rings (SSSR count). The third-order valence-corrected chi connectivity index (χ3v) is 4.05. The standard InChI is InChI=1S/C13H25N3O.HI/c1-17-10-7-13(5-6-13)11-15-12(14)16-8-3-2-4-9-16;/h2-11H2,1H3,(H2,14,15);1H. The number of halogens is 1. The monoisotopic (exact) mass is 367 g/mol. The molecule has 18 heavy (non-hydrogen) atoms. The molecule has 0 bridgehead atoms. The van der Waals surface area contributed by atoms with Gasteiger partial charge in [0.05, 0.1) is 0 Å². The quantitative estimate of drug-likeness (QED) is 0.461. The maximum atomic E-state index is 6.06. The fraction of sp³-hybridized carbons (Fsp3) is 0.923. The molecule has 2 fully saturated rings. The minimum absolute atomic E-state index is 0. The van der Waals surface area contributed by atoms with E-state index in [0.717, 1.165) is 38.6 Å². The zero-order valence-corrected chi connectivity index (χ0v) is 13.7. The van der Waals surface area contributed by atoms with Gasteiger partial charge in [-0.1, -0.05) is 0 Å². The number of hydrogen-bond donors (Lipinski definition) is 1. The van der Waals surface area contributed by atoms with Crippen molar-refractivity contribution in [3.05, 3.63) is 0 Å². The summed E-state index contributed by atoms with van der Waals surface area (Å²) >= 11 is 0. The second-order valence-electron chi connectivity index (χ2n) is 5.46. The Morgan fingerprint density at radius 1 is 1.28 bits per heavy atom. The minimum atomic E-state index is 0. The Balaban J connectivity index is 0.00000162. The summed E-state index contributed by atoms with van der Waals surface area (Å²) < 4.78 is 5.15. The van der Waals surface area contributed by atoms with Gasteiger partial charge >= 0.3 is 0 Å². The number of piperidine rings is 1. The van der Waals surface area contributed by atoms with Crippen molar-refractivity contribution >= 4 is 29.9 Å². The van der Waals surface area contributed by atoms with Gasteiger partial charge in [-0.2, -0.15) is 0 Å². The van der Waals surface area contributed by atoms with Gasteiger partial charge in [0.15, 0.2) is 5.96 Å². The molecule has 0 aromatic carbocycles. The van der Waals surface area contributed by atoms with Crippen LogP contribution >= 0.6 is 24.0 Å². The zero-order chi connectivity index (χ0) is 12.1. The predicted octanol–water partition coefficient (Wildman–Crippen LogP) is 2.22. The van der Waals surface area contributed by atoms with Crippen LogP contribution in [0.15, 0.2) is 4.99 Å². The Morgan fingerprint density at radius 2 is 1.94 bits per heavy atom. The molecule has 0 aromatic rings. The van der Waals surface area contributed by atoms with E-state index in [1.807, 2.05) is 0 Å². The summed E-state index contributed by atoms with van der Waals surface area (Å²) in [5.41, 5.74) is 6.47. The number of nitrogens with zero attached hydrogens (tertiary/aromatic N) is 2. The largest absolute Gasteiger partial charge is 0.385 e. The molecular formula is C13H26IN3O. The smallest absolute Gasteiger partial charge is 0.191 e. The van der Waals surface area contributed by atoms with E-state index in [4.69, 9.17) is 10.5 Å². The van der Waals surface area contributed by atoms with Crippen molar-refractivity contribution in [3.8, 4) is 0 Å². The first kappa shape index (κ1) is 16.0. The Bertz CT molecular complexity index is 273. The molecule has 2 aliphatic rings. The topological polar surface area (TPSA) is 50.9 Å². The minimum Gasteiger partial charge on any atom is -0.385 e. The lowest BCUT2D eigenvalue weighted by atomic mass is 10.0. The van der Waals surface area contributed by atoms with Crippen molar-refractivity contribution in [1.29, 1.82) is 0 Å². The van der Waals surface area contributed by atoms with E-state index in [1.54, 1.807) is 7.11 Å². The highest BCUT2D eigenvalue weighted by atomic mass is 127. The van der Waals surface area contributed by atoms with Crippen LogP contribution in [0.4, 0.5) is 0 Å². The molecule has 0 atom stereocenters. The highest BCUT2D eigenvalue weighted by molar-refractivity contribution is 14.0. The zero-order valence-electron chi connectivity index (χ0n) is 11.4. The first-order valence-electron chi connectivity index (χ1n) is 6.80. The van der Waals surface area contributed by atoms with Crippen LogP contribution in [0.1, 0.15) is 38.5 Å². The van der Waals surface area contributed by atoms with E-state index in [1.165, 1.54) is 32.1 Å². The maximum Gasteiger partial charge on any atom is 0.191 e. The van der Waals surface area contributed by atoms with Crippen LogP contribution in [-0.4, -0.2) is 44.2 Å². The van der Waals surface area contributed by atoms with Gasteiger partial charge in [-0.05, 0) is 43.9 Å². The van der Waals surface area contributed by atoms with E-state index < -0.39 is 0 Å². The van der Waals surface area contributed by atoms with Crippen LogP contribution in [0, 0.1) is 5.41 Å². The molecule has 4 nitrogen and oxygen atoms in total. The van der Waals surface area contributed by atoms with E-state index in [9.17, 15) is 0 Å². The molecule has 0 spiro atoms. The summed E-state index contributed by atoms with van der Waals surface area (Å²) in [6.45, 7) is 3.90. The van der Waals surface area contributed by atoms with Crippen LogP contribution in [0.5, 0.6) is 0 Å². The lowest BCUT2D eigenvalue weighted by Crippen LogP contribution is -2.41. The third kappa shape index (κ3) is 4.57. The van der Waals surface area contributed by atoms with Gasteiger partial charge < -0.3 is 15.4 Å². The van der Waals surface area contributed by atoms with Crippen LogP contribution < -0.4 is 5.73 Å². The predicted molar refractivity (Wildman–Crippen MR) is 85.5 cm³/mol. The van der Waals surface area contributed by atoms with Gasteiger partial charge in [-0.3, -0.25) is 4.99 Å². The number of nitrogens with two attached hydrogens (primary N) is 1. The number of guanidine groups is 1. The van der Waals surface area contributed by atoms with Crippen molar-refractivity contribution in [3.63, 3.8) is 0 Å². The molecule has 0 amide bonds. The summed E-state index contributed by atoms with van der Waals surface area (Å²) in [6.07, 6.45) is 7.54. The Labute approximate surface area is 127 Å². The molecule has 1 saturated carbocycles. The normalized spacial score (nSPS) is 22.5. The second kappa shape index (κ2) is 7.53. The molecule has 1 saturated heterocycles. The Kier molecular flexibility index (Phi) is 6.70. The number of likely N-dealkylation sites (tertiary alicyclic amines) is 1. The molecule has 0 radical (unpaired) electrons. The van der Waals surface area contributed by atoms with E-state index >= 15 is 0 Å². The summed E-state index contributed by atoms with van der Waals surface area (Å²) in [7, 11) is 1.77. The molecule has 2 N–H and O–H groups in total. The highest BCUT2D eigenvalue weighted by Crippen LogP contribution is 2.48. The van der Waals surface area contributed by atoms with E-state index in [-0.39, 0.29) is 24.0 Å². The molecule has 1 aliphatic carbocycles. The molecule has 0 aromatic heterocycles. The number of hydrogen-bond acceptors (Lipinski definition) is 2. The molecule has 1 aliphatic heterocycles. The fourth-order valence-electron chi connectivity index (χ4n) is 2.45. The SMILES string of the molecule is COCCC1(CN=C(N)N2CCCCC2)CC1.I. The molecule has 5 heteroatoms. The van der Waals surface area contributed by atoms with Crippen LogP contribution in [0.2, 0.25) is 0 Å². The Hall–Kier alpha value is -0.0400. The van der Waals surface area contributed by atoms with Gasteiger partial charge in [-0.25, -0.2) is 0 Å². The van der Waals surface area contributed by atoms with E-state index in [0.29, 0.717) is 5.41 Å². The highest BCUT2D eigenvalue weighted by Gasteiger charge is 2.41. The summed E-state index contributed by atoms with van der Waals surface area (Å²) in [4.78, 5) is 6.83. The fourth-order valence-corrected chi connectivity index (χ4v) is 2.45. The van der Waals surface area contributed by atoms with Crippen LogP contribution in [0.3, 0.4) is 0 Å².